The highest BCUT2D eigenvalue weighted by Gasteiger charge is 2.07. The van der Waals surface area contributed by atoms with Crippen LogP contribution in [0.15, 0.2) is 33.3 Å². The number of hydrogen-bond acceptors (Lipinski definition) is 5. The van der Waals surface area contributed by atoms with Crippen molar-refractivity contribution in [3.8, 4) is 6.07 Å². The molecule has 7 heteroatoms. The van der Waals surface area contributed by atoms with Gasteiger partial charge in [0, 0.05) is 17.7 Å². The Morgan fingerprint density at radius 3 is 2.68 bits per heavy atom. The van der Waals surface area contributed by atoms with Gasteiger partial charge >= 0.3 is 0 Å². The third kappa shape index (κ3) is 3.22. The van der Waals surface area contributed by atoms with Gasteiger partial charge in [0.1, 0.15) is 5.82 Å². The van der Waals surface area contributed by atoms with E-state index in [9.17, 15) is 0 Å². The fraction of sp³-hybridized carbons (Fsp3) is 0.0833. The number of anilines is 3. The molecule has 0 saturated carbocycles. The molecule has 2 rings (SSSR count). The molecule has 1 aromatic carbocycles. The molecule has 0 aliphatic rings. The van der Waals surface area contributed by atoms with Crippen LogP contribution in [0.4, 0.5) is 17.5 Å². The molecule has 0 aliphatic heterocycles. The number of rotatable bonds is 3. The first-order valence-corrected chi connectivity index (χ1v) is 6.89. The molecule has 0 fully saturated rings. The summed E-state index contributed by atoms with van der Waals surface area (Å²) in [4.78, 5) is 8.39. The Kier molecular flexibility index (Phi) is 4.35. The monoisotopic (exact) mass is 381 g/mol. The van der Waals surface area contributed by atoms with E-state index in [1.807, 2.05) is 6.07 Å². The summed E-state index contributed by atoms with van der Waals surface area (Å²) in [5, 5.41) is 14.9. The van der Waals surface area contributed by atoms with Crippen molar-refractivity contribution in [3.05, 3.63) is 38.9 Å². The van der Waals surface area contributed by atoms with Crippen LogP contribution in [0.2, 0.25) is 0 Å². The van der Waals surface area contributed by atoms with E-state index in [2.05, 4.69) is 58.5 Å². The third-order valence-corrected chi connectivity index (χ3v) is 3.56. The Balaban J connectivity index is 2.33. The largest absolute Gasteiger partial charge is 0.357 e. The summed E-state index contributed by atoms with van der Waals surface area (Å²) in [6, 6.07) is 7.39. The van der Waals surface area contributed by atoms with Crippen LogP contribution in [-0.4, -0.2) is 17.0 Å². The number of nitriles is 1. The van der Waals surface area contributed by atoms with Gasteiger partial charge in [-0.15, -0.1) is 0 Å². The van der Waals surface area contributed by atoms with E-state index in [4.69, 9.17) is 5.26 Å². The van der Waals surface area contributed by atoms with Crippen molar-refractivity contribution >= 4 is 49.3 Å². The minimum absolute atomic E-state index is 0.524. The summed E-state index contributed by atoms with van der Waals surface area (Å²) >= 11 is 6.80. The van der Waals surface area contributed by atoms with Crippen LogP contribution in [-0.2, 0) is 0 Å². The Hall–Kier alpha value is -1.65. The highest BCUT2D eigenvalue weighted by molar-refractivity contribution is 9.11. The molecule has 1 heterocycles. The molecule has 2 aromatic rings. The number of aromatic nitrogens is 2. The van der Waals surface area contributed by atoms with Crippen LogP contribution in [0.5, 0.6) is 0 Å². The van der Waals surface area contributed by atoms with Crippen LogP contribution in [0.1, 0.15) is 5.56 Å². The van der Waals surface area contributed by atoms with Crippen LogP contribution in [0.25, 0.3) is 0 Å². The maximum absolute atomic E-state index is 8.83. The summed E-state index contributed by atoms with van der Waals surface area (Å²) in [5.74, 6) is 1.17. The quantitative estimate of drug-likeness (QED) is 0.847. The van der Waals surface area contributed by atoms with E-state index >= 15 is 0 Å². The van der Waals surface area contributed by atoms with E-state index in [0.717, 1.165) is 14.6 Å². The second-order valence-electron chi connectivity index (χ2n) is 3.57. The van der Waals surface area contributed by atoms with Crippen molar-refractivity contribution in [3.63, 3.8) is 0 Å². The van der Waals surface area contributed by atoms with Crippen molar-refractivity contribution in [2.45, 2.75) is 0 Å². The molecule has 0 saturated heterocycles. The predicted octanol–water partition coefficient (Wildman–Crippen LogP) is 3.66. The van der Waals surface area contributed by atoms with Crippen LogP contribution >= 0.6 is 31.9 Å². The van der Waals surface area contributed by atoms with Gasteiger partial charge in [0.05, 0.1) is 21.8 Å². The lowest BCUT2D eigenvalue weighted by Gasteiger charge is -2.10. The molecule has 96 valence electrons. The fourth-order valence-corrected chi connectivity index (χ4v) is 2.16. The average Bonchev–Trinajstić information content (AvgIpc) is 2.43. The lowest BCUT2D eigenvalue weighted by atomic mass is 10.2. The molecule has 0 atom stereocenters. The van der Waals surface area contributed by atoms with Crippen molar-refractivity contribution in [1.29, 1.82) is 5.26 Å². The van der Waals surface area contributed by atoms with Gasteiger partial charge in [0.2, 0.25) is 5.95 Å². The van der Waals surface area contributed by atoms with Gasteiger partial charge in [-0.3, -0.25) is 0 Å². The first kappa shape index (κ1) is 13.8. The Morgan fingerprint density at radius 1 is 1.26 bits per heavy atom. The average molecular weight is 383 g/mol. The maximum Gasteiger partial charge on any atom is 0.224 e. The number of benzene rings is 1. The van der Waals surface area contributed by atoms with Gasteiger partial charge in [-0.25, -0.2) is 4.98 Å². The second kappa shape index (κ2) is 5.99. The predicted molar refractivity (Wildman–Crippen MR) is 81.4 cm³/mol. The summed E-state index contributed by atoms with van der Waals surface area (Å²) in [6.45, 7) is 0. The standard InChI is InChI=1S/C12H9Br2N5/c1-16-12-17-6-9(14)11(19-12)18-10-3-2-7(5-15)4-8(10)13/h2-4,6H,1H3,(H2,16,17,18,19). The zero-order valence-electron chi connectivity index (χ0n) is 9.91. The SMILES string of the molecule is CNc1ncc(Br)c(Nc2ccc(C#N)cc2Br)n1. The lowest BCUT2D eigenvalue weighted by molar-refractivity contribution is 1.14. The van der Waals surface area contributed by atoms with E-state index in [-0.39, 0.29) is 0 Å². The zero-order valence-corrected chi connectivity index (χ0v) is 13.1. The zero-order chi connectivity index (χ0) is 13.8. The fourth-order valence-electron chi connectivity index (χ4n) is 1.39. The van der Waals surface area contributed by atoms with E-state index in [1.54, 1.807) is 25.4 Å². The minimum atomic E-state index is 0.524. The number of hydrogen-bond donors (Lipinski definition) is 2. The minimum Gasteiger partial charge on any atom is -0.357 e. The topological polar surface area (TPSA) is 73.6 Å². The first-order valence-electron chi connectivity index (χ1n) is 5.31. The molecule has 0 amide bonds. The van der Waals surface area contributed by atoms with Crippen molar-refractivity contribution < 1.29 is 0 Å². The number of nitrogens with one attached hydrogen (secondary N) is 2. The summed E-state index contributed by atoms with van der Waals surface area (Å²) in [6.07, 6.45) is 1.67. The number of halogens is 2. The lowest BCUT2D eigenvalue weighted by Crippen LogP contribution is -2.01. The second-order valence-corrected chi connectivity index (χ2v) is 5.28. The summed E-state index contributed by atoms with van der Waals surface area (Å²) < 4.78 is 1.55. The summed E-state index contributed by atoms with van der Waals surface area (Å²) in [5.41, 5.74) is 1.41. The molecular formula is C12H9Br2N5. The number of nitrogens with zero attached hydrogens (tertiary/aromatic N) is 3. The Labute approximate surface area is 127 Å². The van der Waals surface area contributed by atoms with Gasteiger partial charge in [0.25, 0.3) is 0 Å². The van der Waals surface area contributed by atoms with Crippen molar-refractivity contribution in [2.75, 3.05) is 17.7 Å². The molecule has 0 aliphatic carbocycles. The highest BCUT2D eigenvalue weighted by Crippen LogP contribution is 2.29. The van der Waals surface area contributed by atoms with E-state index in [1.165, 1.54) is 0 Å². The van der Waals surface area contributed by atoms with Crippen LogP contribution in [0.3, 0.4) is 0 Å². The van der Waals surface area contributed by atoms with Gasteiger partial charge < -0.3 is 10.6 Å². The Morgan fingerprint density at radius 2 is 2.05 bits per heavy atom. The van der Waals surface area contributed by atoms with Crippen LogP contribution in [0, 0.1) is 11.3 Å². The molecule has 5 nitrogen and oxygen atoms in total. The van der Waals surface area contributed by atoms with Crippen LogP contribution < -0.4 is 10.6 Å². The van der Waals surface area contributed by atoms with E-state index < -0.39 is 0 Å². The van der Waals surface area contributed by atoms with Crippen molar-refractivity contribution in [1.82, 2.24) is 9.97 Å². The van der Waals surface area contributed by atoms with Gasteiger partial charge in [-0.2, -0.15) is 10.2 Å². The van der Waals surface area contributed by atoms with Gasteiger partial charge in [0.15, 0.2) is 0 Å². The van der Waals surface area contributed by atoms with Gasteiger partial charge in [-0.05, 0) is 50.1 Å². The maximum atomic E-state index is 8.83. The first-order chi connectivity index (χ1) is 9.13. The molecular weight excluding hydrogens is 374 g/mol. The molecule has 0 unspecified atom stereocenters. The smallest absolute Gasteiger partial charge is 0.224 e. The molecule has 19 heavy (non-hydrogen) atoms. The van der Waals surface area contributed by atoms with E-state index in [0.29, 0.717) is 17.3 Å². The normalized spacial score (nSPS) is 9.79. The molecule has 1 aromatic heterocycles. The third-order valence-electron chi connectivity index (χ3n) is 2.32. The molecule has 0 radical (unpaired) electrons. The summed E-state index contributed by atoms with van der Waals surface area (Å²) in [7, 11) is 1.75. The molecule has 2 N–H and O–H groups in total. The van der Waals surface area contributed by atoms with Gasteiger partial charge in [-0.1, -0.05) is 0 Å². The molecule has 0 spiro atoms. The Bertz CT molecular complexity index is 651. The van der Waals surface area contributed by atoms with Crippen molar-refractivity contribution in [2.24, 2.45) is 0 Å². The molecule has 0 bridgehead atoms. The highest BCUT2D eigenvalue weighted by atomic mass is 79.9.